The smallest absolute Gasteiger partial charge is 0.411 e. The van der Waals surface area contributed by atoms with Crippen molar-refractivity contribution in [3.05, 3.63) is 64.2 Å². The first-order valence-electron chi connectivity index (χ1n) is 13.2. The fraction of sp³-hybridized carbons (Fsp3) is 0.484. The molecule has 4 atom stereocenters. The molecule has 0 fully saturated rings. The highest BCUT2D eigenvalue weighted by Crippen LogP contribution is 2.52. The number of benzene rings is 2. The third kappa shape index (κ3) is 6.50. The Morgan fingerprint density at radius 1 is 1.08 bits per heavy atom. The van der Waals surface area contributed by atoms with Gasteiger partial charge >= 0.3 is 12.1 Å². The van der Waals surface area contributed by atoms with Crippen molar-refractivity contribution >= 4 is 17.7 Å². The molecule has 0 unspecified atom stereocenters. The number of carbonyl (C=O) groups excluding carboxylic acids is 2. The molecule has 0 spiro atoms. The lowest BCUT2D eigenvalue weighted by Gasteiger charge is -2.40. The molecule has 1 N–H and O–H groups in total. The summed E-state index contributed by atoms with van der Waals surface area (Å²) in [6, 6.07) is 9.44. The molecule has 3 rings (SSSR count). The van der Waals surface area contributed by atoms with Crippen LogP contribution in [0.2, 0.25) is 0 Å². The number of esters is 1. The van der Waals surface area contributed by atoms with Crippen molar-refractivity contribution in [3.8, 4) is 11.5 Å². The van der Waals surface area contributed by atoms with Gasteiger partial charge in [-0.2, -0.15) is 0 Å². The molecule has 2 aromatic rings. The summed E-state index contributed by atoms with van der Waals surface area (Å²) in [7, 11) is 4.44. The number of ether oxygens (including phenoxy) is 4. The third-order valence-electron chi connectivity index (χ3n) is 7.30. The number of aryl methyl sites for hydroxylation is 1. The van der Waals surface area contributed by atoms with Gasteiger partial charge < -0.3 is 18.9 Å². The standard InChI is InChI=1S/C31H41NO6/c1-18(2)10-9-11-20(4)26-23-17-24(30(33)37-8)28(35-6)29(36-7)27(23)21(5)16-25(26)38-31(34)32-22-14-12-19(3)13-15-22/h10,12-15,17,20-21,25-26H,9,11,16H2,1-8H3,(H,32,34)/t20-,21+,25+,26-/m0/s1. The van der Waals surface area contributed by atoms with Gasteiger partial charge in [0.2, 0.25) is 0 Å². The van der Waals surface area contributed by atoms with Crippen LogP contribution >= 0.6 is 0 Å². The second-order valence-corrected chi connectivity index (χ2v) is 10.4. The summed E-state index contributed by atoms with van der Waals surface area (Å²) in [6.45, 7) is 10.4. The average molecular weight is 524 g/mol. The van der Waals surface area contributed by atoms with E-state index in [1.54, 1.807) is 7.11 Å². The second-order valence-electron chi connectivity index (χ2n) is 10.4. The van der Waals surface area contributed by atoms with E-state index in [1.165, 1.54) is 19.8 Å². The highest BCUT2D eigenvalue weighted by molar-refractivity contribution is 5.94. The number of amides is 1. The van der Waals surface area contributed by atoms with Crippen LogP contribution in [0.15, 0.2) is 42.0 Å². The predicted octanol–water partition coefficient (Wildman–Crippen LogP) is 7.39. The van der Waals surface area contributed by atoms with Crippen LogP contribution in [-0.2, 0) is 9.47 Å². The Balaban J connectivity index is 2.06. The summed E-state index contributed by atoms with van der Waals surface area (Å²) in [4.78, 5) is 25.8. The Hall–Kier alpha value is -3.48. The zero-order valence-corrected chi connectivity index (χ0v) is 23.8. The van der Waals surface area contributed by atoms with E-state index in [0.717, 1.165) is 29.5 Å². The fourth-order valence-electron chi connectivity index (χ4n) is 5.47. The number of fused-ring (bicyclic) bond motifs is 1. The van der Waals surface area contributed by atoms with Crippen LogP contribution in [0.5, 0.6) is 11.5 Å². The van der Waals surface area contributed by atoms with Crippen LogP contribution in [-0.4, -0.2) is 39.5 Å². The predicted molar refractivity (Wildman–Crippen MR) is 150 cm³/mol. The van der Waals surface area contributed by atoms with Crippen molar-refractivity contribution in [2.75, 3.05) is 26.6 Å². The van der Waals surface area contributed by atoms with Crippen LogP contribution in [0.4, 0.5) is 10.5 Å². The minimum atomic E-state index is -0.508. The van der Waals surface area contributed by atoms with Gasteiger partial charge in [-0.3, -0.25) is 5.32 Å². The minimum absolute atomic E-state index is 0.000969. The van der Waals surface area contributed by atoms with Crippen molar-refractivity contribution in [1.29, 1.82) is 0 Å². The van der Waals surface area contributed by atoms with Gasteiger partial charge in [0.15, 0.2) is 11.5 Å². The van der Waals surface area contributed by atoms with Crippen LogP contribution in [0.3, 0.4) is 0 Å². The number of hydrogen-bond acceptors (Lipinski definition) is 6. The summed E-state index contributed by atoms with van der Waals surface area (Å²) < 4.78 is 22.6. The Bertz CT molecular complexity index is 1170. The number of methoxy groups -OCH3 is 3. The van der Waals surface area contributed by atoms with E-state index in [1.807, 2.05) is 37.3 Å². The molecule has 0 aliphatic heterocycles. The van der Waals surface area contributed by atoms with E-state index in [4.69, 9.17) is 18.9 Å². The first-order chi connectivity index (χ1) is 18.1. The lowest BCUT2D eigenvalue weighted by Crippen LogP contribution is -2.37. The number of nitrogens with one attached hydrogen (secondary N) is 1. The largest absolute Gasteiger partial charge is 0.493 e. The first-order valence-corrected chi connectivity index (χ1v) is 13.2. The van der Waals surface area contributed by atoms with Gasteiger partial charge in [0.1, 0.15) is 11.7 Å². The molecule has 1 aliphatic carbocycles. The number of anilines is 1. The highest BCUT2D eigenvalue weighted by Gasteiger charge is 2.42. The van der Waals surface area contributed by atoms with Gasteiger partial charge in [-0.25, -0.2) is 9.59 Å². The van der Waals surface area contributed by atoms with Gasteiger partial charge in [0.25, 0.3) is 0 Å². The molecule has 7 heteroatoms. The highest BCUT2D eigenvalue weighted by atomic mass is 16.6. The monoisotopic (exact) mass is 523 g/mol. The summed E-state index contributed by atoms with van der Waals surface area (Å²) in [5.74, 6) is 0.376. The molecule has 1 amide bonds. The van der Waals surface area contributed by atoms with Gasteiger partial charge in [-0.15, -0.1) is 0 Å². The molecule has 0 saturated carbocycles. The van der Waals surface area contributed by atoms with Crippen LogP contribution < -0.4 is 14.8 Å². The summed E-state index contributed by atoms with van der Waals surface area (Å²) in [5.41, 5.74) is 5.26. The van der Waals surface area contributed by atoms with E-state index in [9.17, 15) is 9.59 Å². The van der Waals surface area contributed by atoms with Crippen molar-refractivity contribution in [1.82, 2.24) is 0 Å². The maximum atomic E-state index is 13.0. The number of hydrogen-bond donors (Lipinski definition) is 1. The Morgan fingerprint density at radius 2 is 1.74 bits per heavy atom. The van der Waals surface area contributed by atoms with E-state index in [-0.39, 0.29) is 17.8 Å². The maximum Gasteiger partial charge on any atom is 0.411 e. The van der Waals surface area contributed by atoms with Gasteiger partial charge in [0, 0.05) is 17.2 Å². The molecule has 2 aromatic carbocycles. The third-order valence-corrected chi connectivity index (χ3v) is 7.30. The summed E-state index contributed by atoms with van der Waals surface area (Å²) in [6.07, 6.45) is 3.74. The molecular formula is C31H41NO6. The Morgan fingerprint density at radius 3 is 2.32 bits per heavy atom. The van der Waals surface area contributed by atoms with E-state index >= 15 is 0 Å². The average Bonchev–Trinajstić information content (AvgIpc) is 2.88. The van der Waals surface area contributed by atoms with Crippen molar-refractivity contribution < 1.29 is 28.5 Å². The summed E-state index contributed by atoms with van der Waals surface area (Å²) in [5, 5.41) is 2.86. The second kappa shape index (κ2) is 12.9. The molecule has 206 valence electrons. The van der Waals surface area contributed by atoms with Gasteiger partial charge in [-0.1, -0.05) is 43.2 Å². The van der Waals surface area contributed by atoms with E-state index in [2.05, 4.69) is 39.1 Å². The molecule has 1 aliphatic rings. The normalized spacial score (nSPS) is 19.0. The molecule has 7 nitrogen and oxygen atoms in total. The maximum absolute atomic E-state index is 13.0. The zero-order chi connectivity index (χ0) is 28.0. The van der Waals surface area contributed by atoms with Crippen LogP contribution in [0.1, 0.15) is 85.8 Å². The molecule has 0 saturated heterocycles. The topological polar surface area (TPSA) is 83.1 Å². The SMILES string of the molecule is COC(=O)c1cc2c(c(OC)c1OC)[C@H](C)C[C@@H](OC(=O)Nc1ccc(C)cc1)[C@H]2[C@@H](C)CCC=C(C)C. The molecule has 0 heterocycles. The van der Waals surface area contributed by atoms with E-state index in [0.29, 0.717) is 29.2 Å². The number of allylic oxidation sites excluding steroid dienone is 2. The van der Waals surface area contributed by atoms with Crippen LogP contribution in [0.25, 0.3) is 0 Å². The molecule has 0 radical (unpaired) electrons. The van der Waals surface area contributed by atoms with Crippen LogP contribution in [0, 0.1) is 12.8 Å². The first kappa shape index (κ1) is 29.1. The van der Waals surface area contributed by atoms with Crippen molar-refractivity contribution in [2.24, 2.45) is 5.92 Å². The van der Waals surface area contributed by atoms with Crippen molar-refractivity contribution in [3.63, 3.8) is 0 Å². The lowest BCUT2D eigenvalue weighted by atomic mass is 9.69. The lowest BCUT2D eigenvalue weighted by molar-refractivity contribution is 0.0576. The van der Waals surface area contributed by atoms with Gasteiger partial charge in [-0.05, 0) is 75.6 Å². The molecule has 0 bridgehead atoms. The van der Waals surface area contributed by atoms with Gasteiger partial charge in [0.05, 0.1) is 21.3 Å². The van der Waals surface area contributed by atoms with Crippen molar-refractivity contribution in [2.45, 2.75) is 71.8 Å². The summed E-state index contributed by atoms with van der Waals surface area (Å²) >= 11 is 0. The number of rotatable bonds is 9. The quantitative estimate of drug-likeness (QED) is 0.273. The van der Waals surface area contributed by atoms with E-state index < -0.39 is 18.2 Å². The minimum Gasteiger partial charge on any atom is -0.493 e. The number of carbonyl (C=O) groups is 2. The Kier molecular flexibility index (Phi) is 9.84. The molecule has 38 heavy (non-hydrogen) atoms. The Labute approximate surface area is 226 Å². The zero-order valence-electron chi connectivity index (χ0n) is 23.8. The molecule has 0 aromatic heterocycles. The fourth-order valence-corrected chi connectivity index (χ4v) is 5.47. The molecular weight excluding hydrogens is 482 g/mol.